The van der Waals surface area contributed by atoms with Crippen LogP contribution in [0.5, 0.6) is 0 Å². The van der Waals surface area contributed by atoms with Gasteiger partial charge in [-0.25, -0.2) is 22.9 Å². The first kappa shape index (κ1) is 24.3. The molecule has 1 fully saturated rings. The van der Waals surface area contributed by atoms with Gasteiger partial charge in [-0.2, -0.15) is 13.6 Å². The molecule has 0 amide bonds. The lowest BCUT2D eigenvalue weighted by molar-refractivity contribution is -0.176. The van der Waals surface area contributed by atoms with Crippen LogP contribution in [-0.4, -0.2) is 41.6 Å². The monoisotopic (exact) mass is 483 g/mol. The van der Waals surface area contributed by atoms with Gasteiger partial charge in [0, 0.05) is 18.5 Å². The Balaban J connectivity index is 2.06. The zero-order valence-corrected chi connectivity index (χ0v) is 17.2. The number of hydrogen-bond donors (Lipinski definition) is 5. The molecular formula is C10H17FN3O12P3. The van der Waals surface area contributed by atoms with E-state index in [1.54, 1.807) is 0 Å². The minimum absolute atomic E-state index is 0.0731. The van der Waals surface area contributed by atoms with Gasteiger partial charge < -0.3 is 30.0 Å². The average Bonchev–Trinajstić information content (AvgIpc) is 2.77. The normalized spacial score (nSPS) is 29.3. The Bertz CT molecular complexity index is 967. The number of anilines is 1. The molecule has 29 heavy (non-hydrogen) atoms. The summed E-state index contributed by atoms with van der Waals surface area (Å²) < 4.78 is 65.7. The summed E-state index contributed by atoms with van der Waals surface area (Å²) in [7, 11) is -16.8. The summed E-state index contributed by atoms with van der Waals surface area (Å²) in [5, 5.41) is 0. The second-order valence-electron chi connectivity index (χ2n) is 5.98. The second kappa shape index (κ2) is 8.25. The van der Waals surface area contributed by atoms with Gasteiger partial charge in [-0.1, -0.05) is 6.92 Å². The summed E-state index contributed by atoms with van der Waals surface area (Å²) in [6.07, 6.45) is -0.394. The van der Waals surface area contributed by atoms with Gasteiger partial charge in [0.1, 0.15) is 18.7 Å². The minimum atomic E-state index is -5.73. The van der Waals surface area contributed by atoms with E-state index in [-0.39, 0.29) is 5.82 Å². The third-order valence-electron chi connectivity index (χ3n) is 3.43. The first-order valence-electron chi connectivity index (χ1n) is 7.51. The predicted octanol–water partition coefficient (Wildman–Crippen LogP) is 0.390. The second-order valence-corrected chi connectivity index (χ2v) is 10.4. The van der Waals surface area contributed by atoms with E-state index in [4.69, 9.17) is 25.2 Å². The molecule has 1 aliphatic heterocycles. The van der Waals surface area contributed by atoms with Gasteiger partial charge in [0.2, 0.25) is 5.85 Å². The molecule has 19 heteroatoms. The molecule has 0 spiro atoms. The number of nitrogen functional groups attached to an aromatic ring is 1. The number of nitrogens with two attached hydrogens (primary N) is 1. The van der Waals surface area contributed by atoms with Crippen molar-refractivity contribution in [3.05, 3.63) is 22.7 Å². The number of phosphoric ester groups is 1. The van der Waals surface area contributed by atoms with Crippen LogP contribution in [0.4, 0.5) is 10.2 Å². The summed E-state index contributed by atoms with van der Waals surface area (Å²) in [5.74, 6) is -3.44. The number of phosphoric acid groups is 3. The Morgan fingerprint density at radius 2 is 1.93 bits per heavy atom. The minimum Gasteiger partial charge on any atom is -0.383 e. The lowest BCUT2D eigenvalue weighted by atomic mass is 10.1. The quantitative estimate of drug-likeness (QED) is 0.315. The highest BCUT2D eigenvalue weighted by Gasteiger charge is 2.49. The SMILES string of the molecule is CC1C[C@@](F)(COP(=O)(O)OP(=O)(O)OP(=O)(O)O)OC1n1ccc(N)nc1=O. The van der Waals surface area contributed by atoms with E-state index in [0.29, 0.717) is 0 Å². The molecule has 5 atom stereocenters. The fourth-order valence-corrected chi connectivity index (χ4v) is 5.54. The lowest BCUT2D eigenvalue weighted by Gasteiger charge is -2.23. The maximum absolute atomic E-state index is 14.9. The van der Waals surface area contributed by atoms with Crippen molar-refractivity contribution in [2.45, 2.75) is 25.4 Å². The van der Waals surface area contributed by atoms with E-state index in [2.05, 4.69) is 18.1 Å². The third kappa shape index (κ3) is 7.02. The van der Waals surface area contributed by atoms with Crippen LogP contribution in [0.3, 0.4) is 0 Å². The highest BCUT2D eigenvalue weighted by Crippen LogP contribution is 2.66. The topological polar surface area (TPSA) is 230 Å². The highest BCUT2D eigenvalue weighted by atomic mass is 31.3. The number of ether oxygens (including phenoxy) is 1. The number of aromatic nitrogens is 2. The van der Waals surface area contributed by atoms with Gasteiger partial charge in [-0.05, 0) is 6.07 Å². The zero-order chi connectivity index (χ0) is 22.3. The number of alkyl halides is 1. The molecule has 2 rings (SSSR count). The van der Waals surface area contributed by atoms with Crippen molar-refractivity contribution >= 4 is 29.3 Å². The van der Waals surface area contributed by atoms with E-state index in [0.717, 1.165) is 4.57 Å². The Kier molecular flexibility index (Phi) is 6.90. The van der Waals surface area contributed by atoms with Crippen molar-refractivity contribution in [3.8, 4) is 0 Å². The van der Waals surface area contributed by atoms with Gasteiger partial charge in [0.25, 0.3) is 0 Å². The smallest absolute Gasteiger partial charge is 0.383 e. The highest BCUT2D eigenvalue weighted by molar-refractivity contribution is 7.66. The van der Waals surface area contributed by atoms with Crippen LogP contribution < -0.4 is 11.4 Å². The van der Waals surface area contributed by atoms with Crippen LogP contribution in [0.15, 0.2) is 17.1 Å². The molecule has 4 unspecified atom stereocenters. The summed E-state index contributed by atoms with van der Waals surface area (Å²) in [5.41, 5.74) is 4.53. The third-order valence-corrected chi connectivity index (χ3v) is 7.21. The van der Waals surface area contributed by atoms with Crippen LogP contribution >= 0.6 is 23.5 Å². The predicted molar refractivity (Wildman–Crippen MR) is 90.5 cm³/mol. The Labute approximate surface area is 161 Å². The first-order valence-corrected chi connectivity index (χ1v) is 12.0. The van der Waals surface area contributed by atoms with Crippen LogP contribution in [0.25, 0.3) is 0 Å². The molecule has 0 radical (unpaired) electrons. The molecular weight excluding hydrogens is 466 g/mol. The molecule has 0 bridgehead atoms. The van der Waals surface area contributed by atoms with Gasteiger partial charge >= 0.3 is 29.2 Å². The number of hydrogen-bond acceptors (Lipinski definition) is 10. The van der Waals surface area contributed by atoms with E-state index in [9.17, 15) is 27.8 Å². The maximum Gasteiger partial charge on any atom is 0.490 e. The largest absolute Gasteiger partial charge is 0.490 e. The van der Waals surface area contributed by atoms with Crippen LogP contribution in [0.1, 0.15) is 19.6 Å². The molecule has 1 aromatic rings. The summed E-state index contributed by atoms with van der Waals surface area (Å²) in [4.78, 5) is 50.7. The standard InChI is InChI=1S/C10H17FN3O12P3/c1-6-4-10(11,24-8(6)14-3-2-7(12)13-9(14)15)5-23-28(19,20)26-29(21,22)25-27(16,17)18/h2-3,6,8H,4-5H2,1H3,(H,19,20)(H,21,22)(H2,12,13,15)(H2,16,17,18)/t6?,8?,10-/m0/s1. The van der Waals surface area contributed by atoms with Crippen LogP contribution in [0, 0.1) is 5.92 Å². The van der Waals surface area contributed by atoms with Crippen LogP contribution in [-0.2, 0) is 31.6 Å². The number of nitrogens with zero attached hydrogens (tertiary/aromatic N) is 2. The van der Waals surface area contributed by atoms with Gasteiger partial charge in [0.05, 0.1) is 0 Å². The molecule has 1 aliphatic rings. The maximum atomic E-state index is 14.9. The van der Waals surface area contributed by atoms with Crippen LogP contribution in [0.2, 0.25) is 0 Å². The Morgan fingerprint density at radius 3 is 2.48 bits per heavy atom. The average molecular weight is 483 g/mol. The fourth-order valence-electron chi connectivity index (χ4n) is 2.49. The summed E-state index contributed by atoms with van der Waals surface area (Å²) in [6.45, 7) is 0.203. The molecule has 0 aliphatic carbocycles. The zero-order valence-electron chi connectivity index (χ0n) is 14.5. The van der Waals surface area contributed by atoms with Gasteiger partial charge in [-0.3, -0.25) is 9.09 Å². The molecule has 1 saturated heterocycles. The van der Waals surface area contributed by atoms with Gasteiger partial charge in [0.15, 0.2) is 0 Å². The number of rotatable bonds is 8. The van der Waals surface area contributed by atoms with Gasteiger partial charge in [-0.15, -0.1) is 0 Å². The van der Waals surface area contributed by atoms with E-state index in [1.165, 1.54) is 19.2 Å². The van der Waals surface area contributed by atoms with E-state index >= 15 is 0 Å². The van der Waals surface area contributed by atoms with Crippen molar-refractivity contribution in [1.82, 2.24) is 9.55 Å². The van der Waals surface area contributed by atoms with Crippen molar-refractivity contribution < 1.29 is 55.5 Å². The fraction of sp³-hybridized carbons (Fsp3) is 0.600. The Morgan fingerprint density at radius 1 is 1.31 bits per heavy atom. The molecule has 166 valence electrons. The molecule has 15 nitrogen and oxygen atoms in total. The number of halogens is 1. The molecule has 0 saturated carbocycles. The van der Waals surface area contributed by atoms with E-state index < -0.39 is 60.2 Å². The summed E-state index contributed by atoms with van der Waals surface area (Å²) in [6, 6.07) is 1.27. The molecule has 6 N–H and O–H groups in total. The molecule has 1 aromatic heterocycles. The van der Waals surface area contributed by atoms with Crippen molar-refractivity contribution in [3.63, 3.8) is 0 Å². The summed E-state index contributed by atoms with van der Waals surface area (Å²) >= 11 is 0. The Hall–Kier alpha value is -1.02. The van der Waals surface area contributed by atoms with Crippen molar-refractivity contribution in [2.75, 3.05) is 12.3 Å². The lowest BCUT2D eigenvalue weighted by Crippen LogP contribution is -2.32. The van der Waals surface area contributed by atoms with E-state index in [1.807, 2.05) is 0 Å². The van der Waals surface area contributed by atoms with Crippen molar-refractivity contribution in [1.29, 1.82) is 0 Å². The molecule has 2 heterocycles. The first-order chi connectivity index (χ1) is 13.0. The van der Waals surface area contributed by atoms with Crippen molar-refractivity contribution in [2.24, 2.45) is 5.92 Å². The molecule has 0 aromatic carbocycles.